The van der Waals surface area contributed by atoms with Gasteiger partial charge in [0.1, 0.15) is 0 Å². The third-order valence-corrected chi connectivity index (χ3v) is 0. The molecule has 10 heteroatoms. The van der Waals surface area contributed by atoms with Crippen LogP contribution in [0.15, 0.2) is 0 Å². The Morgan fingerprint density at radius 2 is 0.714 bits per heavy atom. The van der Waals surface area contributed by atoms with E-state index in [0.717, 1.165) is 13.8 Å². The van der Waals surface area contributed by atoms with E-state index < -0.39 is 11.9 Å². The van der Waals surface area contributed by atoms with Gasteiger partial charge < -0.3 is 37.6 Å². The minimum atomic E-state index is -0.833. The molecular weight excluding hydrogens is 256 g/mol. The Balaban J connectivity index is -0.00000000600. The Bertz CT molecular complexity index is 74.8. The van der Waals surface area contributed by atoms with Gasteiger partial charge in [-0.15, -0.1) is 0 Å². The molecular formula is C4H18CuO9. The van der Waals surface area contributed by atoms with Gasteiger partial charge in [0.15, 0.2) is 0 Å². The maximum Gasteiger partial charge on any atom is 0.300 e. The maximum atomic E-state index is 9.00. The second kappa shape index (κ2) is 56.2. The molecule has 1 radical (unpaired) electrons. The molecule has 14 heavy (non-hydrogen) atoms. The van der Waals surface area contributed by atoms with Crippen molar-refractivity contribution in [2.45, 2.75) is 13.8 Å². The third-order valence-electron chi connectivity index (χ3n) is 0. The minimum absolute atomic E-state index is 0. The summed E-state index contributed by atoms with van der Waals surface area (Å²) in [5.74, 6) is -1.67. The molecule has 9 nitrogen and oxygen atoms in total. The Kier molecular flexibility index (Phi) is 289. The van der Waals surface area contributed by atoms with Crippen LogP contribution in [0.4, 0.5) is 0 Å². The number of hydrogen-bond acceptors (Lipinski definition) is 2. The molecule has 0 heterocycles. The summed E-state index contributed by atoms with van der Waals surface area (Å²) in [4.78, 5) is 18.0. The second-order valence-electron chi connectivity index (χ2n) is 1.04. The molecule has 99 valence electrons. The fourth-order valence-corrected chi connectivity index (χ4v) is 0. The third kappa shape index (κ3) is 2160. The monoisotopic (exact) mass is 273 g/mol. The van der Waals surface area contributed by atoms with Crippen molar-refractivity contribution in [2.24, 2.45) is 0 Å². The molecule has 0 aliphatic rings. The smallest absolute Gasteiger partial charge is 0.300 e. The molecule has 0 atom stereocenters. The average molecular weight is 274 g/mol. The van der Waals surface area contributed by atoms with Gasteiger partial charge in [-0.05, 0) is 0 Å². The standard InChI is InChI=1S/2C2H4O2.Cu.5H2O/c2*1-2(3)4;;;;;;/h2*1H3,(H,3,4);;5*1H2. The van der Waals surface area contributed by atoms with Crippen molar-refractivity contribution >= 4 is 11.9 Å². The van der Waals surface area contributed by atoms with E-state index >= 15 is 0 Å². The van der Waals surface area contributed by atoms with E-state index in [0.29, 0.717) is 0 Å². The topological polar surface area (TPSA) is 232 Å². The molecule has 0 amide bonds. The van der Waals surface area contributed by atoms with Gasteiger partial charge in [-0.2, -0.15) is 0 Å². The van der Waals surface area contributed by atoms with Crippen LogP contribution in [-0.4, -0.2) is 49.5 Å². The molecule has 0 aromatic heterocycles. The van der Waals surface area contributed by atoms with Crippen molar-refractivity contribution in [3.05, 3.63) is 0 Å². The predicted octanol–water partition coefficient (Wildman–Crippen LogP) is -3.94. The number of carboxylic acid groups (broad SMARTS) is 2. The molecule has 0 aliphatic heterocycles. The van der Waals surface area contributed by atoms with Crippen LogP contribution in [0.3, 0.4) is 0 Å². The summed E-state index contributed by atoms with van der Waals surface area (Å²) < 4.78 is 0. The number of aliphatic carboxylic acids is 2. The van der Waals surface area contributed by atoms with E-state index in [-0.39, 0.29) is 44.4 Å². The number of carbonyl (C=O) groups is 2. The zero-order valence-corrected chi connectivity index (χ0v) is 8.45. The van der Waals surface area contributed by atoms with E-state index in [4.69, 9.17) is 19.8 Å². The molecule has 0 bridgehead atoms. The zero-order chi connectivity index (χ0) is 7.15. The largest absolute Gasteiger partial charge is 0.481 e. The molecule has 12 N–H and O–H groups in total. The van der Waals surface area contributed by atoms with Crippen molar-refractivity contribution in [3.63, 3.8) is 0 Å². The predicted molar refractivity (Wildman–Crippen MR) is 44.7 cm³/mol. The summed E-state index contributed by atoms with van der Waals surface area (Å²) in [5.41, 5.74) is 0. The van der Waals surface area contributed by atoms with E-state index in [1.165, 1.54) is 0 Å². The Morgan fingerprint density at radius 1 is 0.714 bits per heavy atom. The van der Waals surface area contributed by atoms with Crippen molar-refractivity contribution in [2.75, 3.05) is 0 Å². The van der Waals surface area contributed by atoms with Gasteiger partial charge in [0.2, 0.25) is 0 Å². The van der Waals surface area contributed by atoms with Crippen LogP contribution >= 0.6 is 0 Å². The van der Waals surface area contributed by atoms with Crippen molar-refractivity contribution in [1.29, 1.82) is 0 Å². The SMILES string of the molecule is CC(=O)O.CC(=O)O.O.O.O.O.O.[Cu]. The van der Waals surface area contributed by atoms with Gasteiger partial charge in [-0.3, -0.25) is 9.59 Å². The summed E-state index contributed by atoms with van der Waals surface area (Å²) in [6.45, 7) is 2.17. The van der Waals surface area contributed by atoms with E-state index in [9.17, 15) is 0 Å². The summed E-state index contributed by atoms with van der Waals surface area (Å²) in [7, 11) is 0. The van der Waals surface area contributed by atoms with Gasteiger partial charge in [-0.25, -0.2) is 0 Å². The second-order valence-corrected chi connectivity index (χ2v) is 1.04. The molecule has 0 saturated heterocycles. The Hall–Kier alpha value is -0.741. The first kappa shape index (κ1) is 72.0. The van der Waals surface area contributed by atoms with Crippen LogP contribution < -0.4 is 0 Å². The van der Waals surface area contributed by atoms with Crippen molar-refractivity contribution in [1.82, 2.24) is 0 Å². The van der Waals surface area contributed by atoms with E-state index in [2.05, 4.69) is 0 Å². The van der Waals surface area contributed by atoms with Crippen LogP contribution in [0.2, 0.25) is 0 Å². The summed E-state index contributed by atoms with van der Waals surface area (Å²) >= 11 is 0. The van der Waals surface area contributed by atoms with Crippen molar-refractivity contribution in [3.8, 4) is 0 Å². The normalized spacial score (nSPS) is 3.57. The molecule has 0 fully saturated rings. The van der Waals surface area contributed by atoms with Crippen LogP contribution in [0.25, 0.3) is 0 Å². The first-order valence-corrected chi connectivity index (χ1v) is 1.86. The Morgan fingerprint density at radius 3 is 0.714 bits per heavy atom. The maximum absolute atomic E-state index is 9.00. The van der Waals surface area contributed by atoms with Gasteiger partial charge in [-0.1, -0.05) is 0 Å². The van der Waals surface area contributed by atoms with Gasteiger partial charge in [0, 0.05) is 30.9 Å². The fraction of sp³-hybridized carbons (Fsp3) is 0.500. The summed E-state index contributed by atoms with van der Waals surface area (Å²) in [6, 6.07) is 0. The van der Waals surface area contributed by atoms with Crippen LogP contribution in [0, 0.1) is 0 Å². The molecule has 0 aliphatic carbocycles. The summed E-state index contributed by atoms with van der Waals surface area (Å²) in [5, 5.41) is 14.8. The van der Waals surface area contributed by atoms with Crippen molar-refractivity contribution < 1.29 is 64.3 Å². The van der Waals surface area contributed by atoms with E-state index in [1.807, 2.05) is 0 Å². The Labute approximate surface area is 90.8 Å². The van der Waals surface area contributed by atoms with Gasteiger partial charge in [0.05, 0.1) is 0 Å². The number of hydrogen-bond donors (Lipinski definition) is 2. The number of rotatable bonds is 0. The fourth-order valence-electron chi connectivity index (χ4n) is 0. The molecule has 0 aromatic rings. The molecule has 0 unspecified atom stereocenters. The van der Waals surface area contributed by atoms with Gasteiger partial charge in [0.25, 0.3) is 11.9 Å². The van der Waals surface area contributed by atoms with Crippen LogP contribution in [0.1, 0.15) is 13.8 Å². The number of carboxylic acids is 2. The van der Waals surface area contributed by atoms with Gasteiger partial charge >= 0.3 is 0 Å². The van der Waals surface area contributed by atoms with Crippen LogP contribution in [-0.2, 0) is 26.7 Å². The zero-order valence-electron chi connectivity index (χ0n) is 7.51. The average Bonchev–Trinajstić information content (AvgIpc) is 1.25. The molecule has 0 spiro atoms. The molecule has 0 rings (SSSR count). The minimum Gasteiger partial charge on any atom is -0.481 e. The quantitative estimate of drug-likeness (QED) is 0.420. The van der Waals surface area contributed by atoms with Crippen LogP contribution in [0.5, 0.6) is 0 Å². The first-order chi connectivity index (χ1) is 3.46. The molecule has 0 saturated carbocycles. The molecule has 0 aromatic carbocycles. The first-order valence-electron chi connectivity index (χ1n) is 1.86. The van der Waals surface area contributed by atoms with E-state index in [1.54, 1.807) is 0 Å². The summed E-state index contributed by atoms with van der Waals surface area (Å²) in [6.07, 6.45) is 0.